The lowest BCUT2D eigenvalue weighted by Crippen LogP contribution is -2.26. The number of para-hydroxylation sites is 1. The monoisotopic (exact) mass is 301 g/mol. The lowest BCUT2D eigenvalue weighted by Gasteiger charge is -2.09. The van der Waals surface area contributed by atoms with Crippen molar-refractivity contribution >= 4 is 11.9 Å². The van der Waals surface area contributed by atoms with E-state index in [0.29, 0.717) is 0 Å². The summed E-state index contributed by atoms with van der Waals surface area (Å²) in [4.78, 5) is 22.5. The van der Waals surface area contributed by atoms with E-state index in [9.17, 15) is 9.59 Å². The molecule has 0 aliphatic carbocycles. The van der Waals surface area contributed by atoms with Crippen LogP contribution >= 0.6 is 0 Å². The third-order valence-electron chi connectivity index (χ3n) is 3.19. The van der Waals surface area contributed by atoms with Gasteiger partial charge < -0.3 is 10.4 Å². The first-order valence-electron chi connectivity index (χ1n) is 7.14. The van der Waals surface area contributed by atoms with Crippen molar-refractivity contribution in [3.63, 3.8) is 0 Å². The number of aliphatic carboxylic acids is 1. The number of carboxylic acids is 1. The van der Waals surface area contributed by atoms with E-state index in [0.717, 1.165) is 11.4 Å². The molecule has 0 saturated carbocycles. The largest absolute Gasteiger partial charge is 0.481 e. The van der Waals surface area contributed by atoms with Crippen molar-refractivity contribution in [2.75, 3.05) is 6.54 Å². The van der Waals surface area contributed by atoms with Gasteiger partial charge in [0.25, 0.3) is 5.91 Å². The fraction of sp³-hybridized carbons (Fsp3) is 0.312. The lowest BCUT2D eigenvalue weighted by molar-refractivity contribution is -0.136. The molecule has 22 heavy (non-hydrogen) atoms. The number of hydrogen-bond donors (Lipinski definition) is 2. The summed E-state index contributed by atoms with van der Waals surface area (Å²) in [6.07, 6.45) is -0.109. The van der Waals surface area contributed by atoms with Gasteiger partial charge >= 0.3 is 5.97 Å². The van der Waals surface area contributed by atoms with E-state index in [1.54, 1.807) is 10.7 Å². The van der Waals surface area contributed by atoms with Crippen LogP contribution in [0.2, 0.25) is 0 Å². The minimum Gasteiger partial charge on any atom is -0.481 e. The highest BCUT2D eigenvalue weighted by Gasteiger charge is 2.17. The highest BCUT2D eigenvalue weighted by atomic mass is 16.4. The SMILES string of the molecule is CC(C)c1cc(C(=O)NCCC(=O)O)nn1-c1ccccc1. The molecule has 116 valence electrons. The van der Waals surface area contributed by atoms with Crippen molar-refractivity contribution in [3.05, 3.63) is 47.8 Å². The predicted octanol–water partition coefficient (Wildman–Crippen LogP) is 2.20. The van der Waals surface area contributed by atoms with E-state index in [-0.39, 0.29) is 30.5 Å². The molecule has 2 aromatic rings. The number of carbonyl (C=O) groups is 2. The molecule has 0 aliphatic rings. The zero-order valence-corrected chi connectivity index (χ0v) is 12.6. The number of amides is 1. The number of nitrogens with zero attached hydrogens (tertiary/aromatic N) is 2. The van der Waals surface area contributed by atoms with Gasteiger partial charge in [-0.1, -0.05) is 32.0 Å². The molecule has 0 fully saturated rings. The molecule has 1 aromatic heterocycles. The van der Waals surface area contributed by atoms with Crippen LogP contribution in [0.25, 0.3) is 5.69 Å². The zero-order valence-electron chi connectivity index (χ0n) is 12.6. The Bertz CT molecular complexity index is 663. The van der Waals surface area contributed by atoms with Crippen LogP contribution in [0.3, 0.4) is 0 Å². The molecule has 2 N–H and O–H groups in total. The summed E-state index contributed by atoms with van der Waals surface area (Å²) in [5.41, 5.74) is 2.10. The Balaban J connectivity index is 2.24. The minimum absolute atomic E-state index is 0.0867. The fourth-order valence-corrected chi connectivity index (χ4v) is 2.07. The molecule has 1 amide bonds. The van der Waals surface area contributed by atoms with Gasteiger partial charge in [0.2, 0.25) is 0 Å². The second-order valence-corrected chi connectivity index (χ2v) is 5.26. The Morgan fingerprint density at radius 3 is 2.55 bits per heavy atom. The van der Waals surface area contributed by atoms with Crippen LogP contribution in [0.5, 0.6) is 0 Å². The summed E-state index contributed by atoms with van der Waals surface area (Å²) >= 11 is 0. The van der Waals surface area contributed by atoms with Gasteiger partial charge in [-0.05, 0) is 24.1 Å². The summed E-state index contributed by atoms with van der Waals surface area (Å²) < 4.78 is 1.75. The van der Waals surface area contributed by atoms with Crippen LogP contribution in [-0.2, 0) is 4.79 Å². The summed E-state index contributed by atoms with van der Waals surface area (Å²) in [5.74, 6) is -1.11. The quantitative estimate of drug-likeness (QED) is 0.856. The molecule has 1 aromatic carbocycles. The molecule has 0 aliphatic heterocycles. The maximum absolute atomic E-state index is 12.1. The second-order valence-electron chi connectivity index (χ2n) is 5.26. The van der Waals surface area contributed by atoms with Crippen LogP contribution in [0.15, 0.2) is 36.4 Å². The zero-order chi connectivity index (χ0) is 16.1. The molecule has 0 unspecified atom stereocenters. The topological polar surface area (TPSA) is 84.2 Å². The predicted molar refractivity (Wildman–Crippen MR) is 82.2 cm³/mol. The molecule has 6 heteroatoms. The van der Waals surface area contributed by atoms with E-state index in [1.807, 2.05) is 44.2 Å². The standard InChI is InChI=1S/C16H19N3O3/c1-11(2)14-10-13(16(22)17-9-8-15(20)21)18-19(14)12-6-4-3-5-7-12/h3-7,10-11H,8-9H2,1-2H3,(H,17,22)(H,20,21). The molecule has 0 bridgehead atoms. The number of carboxylic acid groups (broad SMARTS) is 1. The second kappa shape index (κ2) is 6.89. The summed E-state index contributed by atoms with van der Waals surface area (Å²) in [7, 11) is 0. The summed E-state index contributed by atoms with van der Waals surface area (Å²) in [5, 5.41) is 15.5. The van der Waals surface area contributed by atoms with Gasteiger partial charge in [0.1, 0.15) is 0 Å². The van der Waals surface area contributed by atoms with Crippen molar-refractivity contribution in [2.24, 2.45) is 0 Å². The molecule has 0 spiro atoms. The average Bonchev–Trinajstić information content (AvgIpc) is 2.93. The molecule has 2 rings (SSSR count). The third-order valence-corrected chi connectivity index (χ3v) is 3.19. The Morgan fingerprint density at radius 1 is 1.27 bits per heavy atom. The molecular formula is C16H19N3O3. The smallest absolute Gasteiger partial charge is 0.305 e. The molecule has 6 nitrogen and oxygen atoms in total. The normalized spacial score (nSPS) is 10.7. The minimum atomic E-state index is -0.946. The highest BCUT2D eigenvalue weighted by molar-refractivity contribution is 5.92. The number of aromatic nitrogens is 2. The highest BCUT2D eigenvalue weighted by Crippen LogP contribution is 2.20. The number of carbonyl (C=O) groups excluding carboxylic acids is 1. The van der Waals surface area contributed by atoms with E-state index >= 15 is 0 Å². The van der Waals surface area contributed by atoms with Gasteiger partial charge in [-0.2, -0.15) is 5.10 Å². The first kappa shape index (κ1) is 15.8. The van der Waals surface area contributed by atoms with Crippen molar-refractivity contribution in [1.29, 1.82) is 0 Å². The number of rotatable bonds is 6. The first-order valence-corrected chi connectivity index (χ1v) is 7.14. The molecule has 0 atom stereocenters. The molecule has 0 saturated heterocycles. The van der Waals surface area contributed by atoms with Gasteiger partial charge in [0.15, 0.2) is 5.69 Å². The maximum atomic E-state index is 12.1. The number of nitrogens with one attached hydrogen (secondary N) is 1. The Hall–Kier alpha value is -2.63. The van der Waals surface area contributed by atoms with Crippen LogP contribution in [0, 0.1) is 0 Å². The van der Waals surface area contributed by atoms with Gasteiger partial charge in [-0.25, -0.2) is 4.68 Å². The van der Waals surface area contributed by atoms with Gasteiger partial charge in [-0.15, -0.1) is 0 Å². The Labute approximate surface area is 128 Å². The maximum Gasteiger partial charge on any atom is 0.305 e. The number of hydrogen-bond acceptors (Lipinski definition) is 3. The van der Waals surface area contributed by atoms with E-state index in [1.165, 1.54) is 0 Å². The molecule has 1 heterocycles. The van der Waals surface area contributed by atoms with Gasteiger partial charge in [-0.3, -0.25) is 9.59 Å². The Morgan fingerprint density at radius 2 is 1.95 bits per heavy atom. The van der Waals surface area contributed by atoms with Crippen LogP contribution in [0.1, 0.15) is 42.4 Å². The van der Waals surface area contributed by atoms with E-state index in [4.69, 9.17) is 5.11 Å². The van der Waals surface area contributed by atoms with Crippen LogP contribution in [-0.4, -0.2) is 33.3 Å². The van der Waals surface area contributed by atoms with Gasteiger partial charge in [0, 0.05) is 12.2 Å². The van der Waals surface area contributed by atoms with Crippen LogP contribution in [0.4, 0.5) is 0 Å². The van der Waals surface area contributed by atoms with Gasteiger partial charge in [0.05, 0.1) is 12.1 Å². The Kier molecular flexibility index (Phi) is 4.93. The summed E-state index contributed by atoms with van der Waals surface area (Å²) in [6.45, 7) is 4.15. The third kappa shape index (κ3) is 3.72. The van der Waals surface area contributed by atoms with Crippen molar-refractivity contribution in [2.45, 2.75) is 26.2 Å². The average molecular weight is 301 g/mol. The van der Waals surface area contributed by atoms with E-state index < -0.39 is 5.97 Å². The van der Waals surface area contributed by atoms with E-state index in [2.05, 4.69) is 10.4 Å². The summed E-state index contributed by atoms with van der Waals surface area (Å²) in [6, 6.07) is 11.3. The van der Waals surface area contributed by atoms with Crippen molar-refractivity contribution < 1.29 is 14.7 Å². The first-order chi connectivity index (χ1) is 10.5. The van der Waals surface area contributed by atoms with Crippen molar-refractivity contribution in [3.8, 4) is 5.69 Å². The van der Waals surface area contributed by atoms with Crippen molar-refractivity contribution in [1.82, 2.24) is 15.1 Å². The lowest BCUT2D eigenvalue weighted by atomic mass is 10.1. The molecule has 0 radical (unpaired) electrons. The fourth-order valence-electron chi connectivity index (χ4n) is 2.07. The number of benzene rings is 1. The van der Waals surface area contributed by atoms with Crippen LogP contribution < -0.4 is 5.32 Å². The molecular weight excluding hydrogens is 282 g/mol.